The van der Waals surface area contributed by atoms with Gasteiger partial charge in [0.25, 0.3) is 11.8 Å². The van der Waals surface area contributed by atoms with Gasteiger partial charge in [-0.05, 0) is 30.3 Å². The lowest BCUT2D eigenvalue weighted by atomic mass is 10.2. The minimum atomic E-state index is -0.775. The van der Waals surface area contributed by atoms with E-state index in [1.165, 1.54) is 45.6 Å². The zero-order chi connectivity index (χ0) is 21.4. The maximum Gasteiger partial charge on any atom is 0.342 e. The summed E-state index contributed by atoms with van der Waals surface area (Å²) in [6.45, 7) is -0.624. The van der Waals surface area contributed by atoms with Gasteiger partial charge in [0.05, 0.1) is 26.9 Å². The minimum absolute atomic E-state index is 0.119. The lowest BCUT2D eigenvalue weighted by Gasteiger charge is -2.12. The second kappa shape index (κ2) is 10.2. The van der Waals surface area contributed by atoms with Crippen molar-refractivity contribution < 1.29 is 33.3 Å². The van der Waals surface area contributed by atoms with Crippen molar-refractivity contribution in [3.8, 4) is 17.2 Å². The van der Waals surface area contributed by atoms with Crippen molar-refractivity contribution in [3.63, 3.8) is 0 Å². The number of amides is 2. The van der Waals surface area contributed by atoms with Crippen LogP contribution in [0.3, 0.4) is 0 Å². The molecular weight excluding hydrogens is 404 g/mol. The third kappa shape index (κ3) is 5.76. The van der Waals surface area contributed by atoms with Gasteiger partial charge in [0, 0.05) is 11.1 Å². The molecule has 0 spiro atoms. The number of ether oxygens (including phenoxy) is 4. The third-order valence-electron chi connectivity index (χ3n) is 3.68. The summed E-state index contributed by atoms with van der Waals surface area (Å²) in [6.07, 6.45) is 0. The molecule has 0 radical (unpaired) electrons. The predicted molar refractivity (Wildman–Crippen MR) is 103 cm³/mol. The largest absolute Gasteiger partial charge is 0.497 e. The molecule has 2 rings (SSSR count). The molecule has 0 saturated heterocycles. The van der Waals surface area contributed by atoms with Crippen molar-refractivity contribution in [1.29, 1.82) is 0 Å². The molecule has 154 valence electrons. The fraction of sp³-hybridized carbons (Fsp3) is 0.211. The van der Waals surface area contributed by atoms with Crippen LogP contribution in [0.25, 0.3) is 0 Å². The van der Waals surface area contributed by atoms with Gasteiger partial charge in [0.2, 0.25) is 0 Å². The standard InChI is InChI=1S/C19H19ClN2O7/c1-26-12-5-6-13(16(9-12)28-3)19(25)29-10-17(23)21-22-18(24)14-8-11(20)4-7-15(14)27-2/h4-9H,10H2,1-3H3,(H,21,23)(H,22,24). The lowest BCUT2D eigenvalue weighted by molar-refractivity contribution is -0.125. The molecule has 0 aromatic heterocycles. The summed E-state index contributed by atoms with van der Waals surface area (Å²) in [7, 11) is 4.26. The van der Waals surface area contributed by atoms with Gasteiger partial charge >= 0.3 is 5.97 Å². The number of carbonyl (C=O) groups excluding carboxylic acids is 3. The van der Waals surface area contributed by atoms with Crippen LogP contribution < -0.4 is 25.1 Å². The number of hydrogen-bond donors (Lipinski definition) is 2. The number of benzene rings is 2. The Morgan fingerprint density at radius 1 is 0.862 bits per heavy atom. The van der Waals surface area contributed by atoms with Crippen LogP contribution in [0.5, 0.6) is 17.2 Å². The first kappa shape index (κ1) is 21.8. The van der Waals surface area contributed by atoms with Gasteiger partial charge in [-0.1, -0.05) is 11.6 Å². The molecule has 29 heavy (non-hydrogen) atoms. The number of nitrogens with one attached hydrogen (secondary N) is 2. The molecule has 0 unspecified atom stereocenters. The van der Waals surface area contributed by atoms with Crippen LogP contribution in [-0.4, -0.2) is 45.7 Å². The predicted octanol–water partition coefficient (Wildman–Crippen LogP) is 1.98. The number of carbonyl (C=O) groups is 3. The van der Waals surface area contributed by atoms with E-state index >= 15 is 0 Å². The number of hydrogen-bond acceptors (Lipinski definition) is 7. The van der Waals surface area contributed by atoms with Crippen LogP contribution in [0.4, 0.5) is 0 Å². The first-order chi connectivity index (χ1) is 13.9. The highest BCUT2D eigenvalue weighted by atomic mass is 35.5. The third-order valence-corrected chi connectivity index (χ3v) is 3.92. The Bertz CT molecular complexity index is 917. The molecule has 0 saturated carbocycles. The van der Waals surface area contributed by atoms with E-state index < -0.39 is 24.4 Å². The fourth-order valence-electron chi connectivity index (χ4n) is 2.26. The second-order valence-corrected chi connectivity index (χ2v) is 5.93. The van der Waals surface area contributed by atoms with Gasteiger partial charge in [0.1, 0.15) is 22.8 Å². The highest BCUT2D eigenvalue weighted by molar-refractivity contribution is 6.31. The molecule has 2 aromatic carbocycles. The smallest absolute Gasteiger partial charge is 0.342 e. The van der Waals surface area contributed by atoms with E-state index in [-0.39, 0.29) is 22.6 Å². The Labute approximate surface area is 171 Å². The van der Waals surface area contributed by atoms with E-state index in [2.05, 4.69) is 10.9 Å². The first-order valence-electron chi connectivity index (χ1n) is 8.21. The Morgan fingerprint density at radius 3 is 2.24 bits per heavy atom. The average Bonchev–Trinajstić information content (AvgIpc) is 2.75. The van der Waals surface area contributed by atoms with Gasteiger partial charge in [-0.25, -0.2) is 4.79 Å². The fourth-order valence-corrected chi connectivity index (χ4v) is 2.44. The van der Waals surface area contributed by atoms with E-state index in [0.717, 1.165) is 0 Å². The maximum atomic E-state index is 12.2. The van der Waals surface area contributed by atoms with Crippen molar-refractivity contribution in [2.24, 2.45) is 0 Å². The molecule has 0 aliphatic carbocycles. The minimum Gasteiger partial charge on any atom is -0.497 e. The van der Waals surface area contributed by atoms with E-state index in [1.807, 2.05) is 0 Å². The highest BCUT2D eigenvalue weighted by Gasteiger charge is 2.17. The first-order valence-corrected chi connectivity index (χ1v) is 8.59. The van der Waals surface area contributed by atoms with E-state index in [0.29, 0.717) is 10.8 Å². The zero-order valence-corrected chi connectivity index (χ0v) is 16.7. The molecular formula is C19H19ClN2O7. The van der Waals surface area contributed by atoms with Crippen LogP contribution in [0, 0.1) is 0 Å². The summed E-state index contributed by atoms with van der Waals surface area (Å²) in [6, 6.07) is 8.97. The summed E-state index contributed by atoms with van der Waals surface area (Å²) in [5, 5.41) is 0.324. The van der Waals surface area contributed by atoms with Crippen LogP contribution >= 0.6 is 11.6 Å². The van der Waals surface area contributed by atoms with Gasteiger partial charge in [-0.3, -0.25) is 20.4 Å². The maximum absolute atomic E-state index is 12.2. The topological polar surface area (TPSA) is 112 Å². The lowest BCUT2D eigenvalue weighted by Crippen LogP contribution is -2.43. The monoisotopic (exact) mass is 422 g/mol. The van der Waals surface area contributed by atoms with Crippen molar-refractivity contribution >= 4 is 29.4 Å². The molecule has 2 aromatic rings. The average molecular weight is 423 g/mol. The molecule has 10 heteroatoms. The summed E-state index contributed by atoms with van der Waals surface area (Å²) in [5.41, 5.74) is 4.58. The van der Waals surface area contributed by atoms with Gasteiger partial charge < -0.3 is 18.9 Å². The number of esters is 1. The molecule has 0 bridgehead atoms. The zero-order valence-electron chi connectivity index (χ0n) is 15.9. The van der Waals surface area contributed by atoms with Crippen LogP contribution in [-0.2, 0) is 9.53 Å². The molecule has 0 fully saturated rings. The molecule has 9 nitrogen and oxygen atoms in total. The van der Waals surface area contributed by atoms with Gasteiger partial charge in [-0.15, -0.1) is 0 Å². The SMILES string of the molecule is COc1ccc(C(=O)OCC(=O)NNC(=O)c2cc(Cl)ccc2OC)c(OC)c1. The quantitative estimate of drug-likeness (QED) is 0.518. The number of halogens is 1. The Balaban J connectivity index is 1.91. The summed E-state index contributed by atoms with van der Waals surface area (Å²) in [4.78, 5) is 36.2. The molecule has 0 heterocycles. The van der Waals surface area contributed by atoms with Gasteiger partial charge in [0.15, 0.2) is 6.61 Å². The molecule has 0 aliphatic rings. The van der Waals surface area contributed by atoms with Crippen molar-refractivity contribution in [2.45, 2.75) is 0 Å². The number of hydrazine groups is 1. The van der Waals surface area contributed by atoms with Gasteiger partial charge in [-0.2, -0.15) is 0 Å². The molecule has 2 N–H and O–H groups in total. The van der Waals surface area contributed by atoms with E-state index in [9.17, 15) is 14.4 Å². The normalized spacial score (nSPS) is 9.93. The van der Waals surface area contributed by atoms with E-state index in [4.69, 9.17) is 30.5 Å². The van der Waals surface area contributed by atoms with Crippen molar-refractivity contribution in [1.82, 2.24) is 10.9 Å². The Morgan fingerprint density at radius 2 is 1.59 bits per heavy atom. The number of rotatable bonds is 7. The second-order valence-electron chi connectivity index (χ2n) is 5.49. The summed E-state index contributed by atoms with van der Waals surface area (Å²) >= 11 is 5.87. The van der Waals surface area contributed by atoms with Crippen LogP contribution in [0.15, 0.2) is 36.4 Å². The highest BCUT2D eigenvalue weighted by Crippen LogP contribution is 2.25. The van der Waals surface area contributed by atoms with Crippen molar-refractivity contribution in [3.05, 3.63) is 52.5 Å². The Hall–Kier alpha value is -3.46. The molecule has 2 amide bonds. The molecule has 0 aliphatic heterocycles. The van der Waals surface area contributed by atoms with Crippen molar-refractivity contribution in [2.75, 3.05) is 27.9 Å². The number of methoxy groups -OCH3 is 3. The molecule has 0 atom stereocenters. The van der Waals surface area contributed by atoms with E-state index in [1.54, 1.807) is 12.1 Å². The van der Waals surface area contributed by atoms with Crippen LogP contribution in [0.2, 0.25) is 5.02 Å². The summed E-state index contributed by atoms with van der Waals surface area (Å²) < 4.78 is 20.2. The Kier molecular flexibility index (Phi) is 7.67. The summed E-state index contributed by atoms with van der Waals surface area (Å²) in [5.74, 6) is -1.17. The van der Waals surface area contributed by atoms with Crippen LogP contribution in [0.1, 0.15) is 20.7 Å².